The van der Waals surface area contributed by atoms with Crippen LogP contribution in [0.15, 0.2) is 18.2 Å². The first-order valence-corrected chi connectivity index (χ1v) is 9.78. The lowest BCUT2D eigenvalue weighted by molar-refractivity contribution is -0.144. The van der Waals surface area contributed by atoms with Gasteiger partial charge in [0.25, 0.3) is 0 Å². The number of carbonyl (C=O) groups is 3. The first-order valence-electron chi connectivity index (χ1n) is 9.41. The molecule has 7 nitrogen and oxygen atoms in total. The third-order valence-corrected chi connectivity index (χ3v) is 5.09. The van der Waals surface area contributed by atoms with Crippen LogP contribution >= 0.6 is 11.6 Å². The van der Waals surface area contributed by atoms with E-state index in [9.17, 15) is 14.4 Å². The SMILES string of the molecule is COC(=O)CCC(=O)N1CCCC(CCC(=O)Nc2cc(Cl)ccc2OC)C1. The second kappa shape index (κ2) is 10.9. The van der Waals surface area contributed by atoms with Gasteiger partial charge in [-0.25, -0.2) is 0 Å². The van der Waals surface area contributed by atoms with E-state index < -0.39 is 0 Å². The number of piperidine rings is 1. The number of halogens is 1. The Morgan fingerprint density at radius 2 is 2.00 bits per heavy atom. The Bertz CT molecular complexity index is 710. The van der Waals surface area contributed by atoms with E-state index in [2.05, 4.69) is 10.1 Å². The van der Waals surface area contributed by atoms with Crippen LogP contribution in [0.25, 0.3) is 0 Å². The predicted molar refractivity (Wildman–Crippen MR) is 106 cm³/mol. The molecular formula is C20H27ClN2O5. The average molecular weight is 411 g/mol. The van der Waals surface area contributed by atoms with Crippen LogP contribution < -0.4 is 10.1 Å². The summed E-state index contributed by atoms with van der Waals surface area (Å²) in [6, 6.07) is 5.06. The molecule has 1 aliphatic heterocycles. The van der Waals surface area contributed by atoms with Gasteiger partial charge in [-0.2, -0.15) is 0 Å². The maximum atomic E-state index is 12.3. The Balaban J connectivity index is 1.80. The first kappa shape index (κ1) is 22.0. The molecule has 1 aliphatic rings. The van der Waals surface area contributed by atoms with Gasteiger partial charge in [0.2, 0.25) is 11.8 Å². The van der Waals surface area contributed by atoms with E-state index in [4.69, 9.17) is 16.3 Å². The highest BCUT2D eigenvalue weighted by Crippen LogP contribution is 2.28. The van der Waals surface area contributed by atoms with Crippen LogP contribution in [-0.4, -0.2) is 50.0 Å². The normalized spacial score (nSPS) is 16.4. The molecule has 1 aromatic rings. The number of amides is 2. The molecule has 0 saturated carbocycles. The molecule has 2 amide bonds. The third kappa shape index (κ3) is 6.71. The van der Waals surface area contributed by atoms with Gasteiger partial charge in [-0.15, -0.1) is 0 Å². The summed E-state index contributed by atoms with van der Waals surface area (Å²) >= 11 is 5.98. The highest BCUT2D eigenvalue weighted by Gasteiger charge is 2.24. The van der Waals surface area contributed by atoms with Gasteiger partial charge in [0.1, 0.15) is 5.75 Å². The van der Waals surface area contributed by atoms with Crippen molar-refractivity contribution in [2.45, 2.75) is 38.5 Å². The fourth-order valence-electron chi connectivity index (χ4n) is 3.32. The van der Waals surface area contributed by atoms with Crippen molar-refractivity contribution >= 4 is 35.1 Å². The second-order valence-electron chi connectivity index (χ2n) is 6.86. The van der Waals surface area contributed by atoms with Gasteiger partial charge < -0.3 is 19.7 Å². The summed E-state index contributed by atoms with van der Waals surface area (Å²) in [7, 11) is 2.85. The highest BCUT2D eigenvalue weighted by molar-refractivity contribution is 6.31. The van der Waals surface area contributed by atoms with Crippen molar-refractivity contribution in [3.63, 3.8) is 0 Å². The van der Waals surface area contributed by atoms with Crippen LogP contribution in [0, 0.1) is 5.92 Å². The van der Waals surface area contributed by atoms with Gasteiger partial charge in [0.15, 0.2) is 0 Å². The number of carbonyl (C=O) groups excluding carboxylic acids is 3. The molecule has 0 radical (unpaired) electrons. The van der Waals surface area contributed by atoms with Crippen molar-refractivity contribution in [2.24, 2.45) is 5.92 Å². The van der Waals surface area contributed by atoms with Gasteiger partial charge in [-0.1, -0.05) is 11.6 Å². The van der Waals surface area contributed by atoms with E-state index in [1.165, 1.54) is 14.2 Å². The van der Waals surface area contributed by atoms with E-state index in [1.807, 2.05) is 0 Å². The zero-order valence-corrected chi connectivity index (χ0v) is 17.1. The molecule has 1 fully saturated rings. The molecule has 0 bridgehead atoms. The molecule has 1 unspecified atom stereocenters. The van der Waals surface area contributed by atoms with Crippen molar-refractivity contribution in [1.29, 1.82) is 0 Å². The average Bonchev–Trinajstić information content (AvgIpc) is 2.70. The zero-order chi connectivity index (χ0) is 20.5. The highest BCUT2D eigenvalue weighted by atomic mass is 35.5. The maximum Gasteiger partial charge on any atom is 0.306 e. The summed E-state index contributed by atoms with van der Waals surface area (Å²) in [6.45, 7) is 1.32. The van der Waals surface area contributed by atoms with Gasteiger partial charge in [-0.3, -0.25) is 14.4 Å². The van der Waals surface area contributed by atoms with Crippen molar-refractivity contribution in [2.75, 3.05) is 32.6 Å². The Morgan fingerprint density at radius 3 is 2.71 bits per heavy atom. The summed E-state index contributed by atoms with van der Waals surface area (Å²) in [4.78, 5) is 37.6. The molecule has 8 heteroatoms. The number of nitrogens with zero attached hydrogens (tertiary/aromatic N) is 1. The van der Waals surface area contributed by atoms with Crippen LogP contribution in [0.5, 0.6) is 5.75 Å². The first-order chi connectivity index (χ1) is 13.4. The van der Waals surface area contributed by atoms with Crippen LogP contribution in [-0.2, 0) is 19.1 Å². The summed E-state index contributed by atoms with van der Waals surface area (Å²) in [6.07, 6.45) is 3.18. The number of methoxy groups -OCH3 is 2. The second-order valence-corrected chi connectivity index (χ2v) is 7.29. The smallest absolute Gasteiger partial charge is 0.306 e. The molecule has 28 heavy (non-hydrogen) atoms. The van der Waals surface area contributed by atoms with Crippen molar-refractivity contribution in [3.05, 3.63) is 23.2 Å². The van der Waals surface area contributed by atoms with Gasteiger partial charge >= 0.3 is 5.97 Å². The molecule has 1 heterocycles. The van der Waals surface area contributed by atoms with Crippen LogP contribution in [0.1, 0.15) is 38.5 Å². The number of ether oxygens (including phenoxy) is 2. The largest absolute Gasteiger partial charge is 0.495 e. The van der Waals surface area contributed by atoms with E-state index >= 15 is 0 Å². The van der Waals surface area contributed by atoms with Gasteiger partial charge in [0, 0.05) is 31.0 Å². The third-order valence-electron chi connectivity index (χ3n) is 4.86. The molecule has 1 N–H and O–H groups in total. The van der Waals surface area contributed by atoms with Crippen LogP contribution in [0.2, 0.25) is 5.02 Å². The molecule has 0 aliphatic carbocycles. The summed E-state index contributed by atoms with van der Waals surface area (Å²) in [5, 5.41) is 3.35. The van der Waals surface area contributed by atoms with Crippen LogP contribution in [0.3, 0.4) is 0 Å². The zero-order valence-electron chi connectivity index (χ0n) is 16.3. The number of esters is 1. The molecule has 1 aromatic carbocycles. The number of nitrogens with one attached hydrogen (secondary N) is 1. The summed E-state index contributed by atoms with van der Waals surface area (Å²) < 4.78 is 9.81. The Labute approximate surface area is 170 Å². The number of likely N-dealkylation sites (tertiary alicyclic amines) is 1. The minimum atomic E-state index is -0.380. The Morgan fingerprint density at radius 1 is 1.21 bits per heavy atom. The standard InChI is InChI=1S/C20H27ClN2O5/c1-27-17-7-6-15(21)12-16(17)22-18(24)8-5-14-4-3-11-23(13-14)19(25)9-10-20(26)28-2/h6-7,12,14H,3-5,8-11,13H2,1-2H3,(H,22,24). The van der Waals surface area contributed by atoms with Crippen LogP contribution in [0.4, 0.5) is 5.69 Å². The molecule has 0 spiro atoms. The van der Waals surface area contributed by atoms with Crippen molar-refractivity contribution in [3.8, 4) is 5.75 Å². The van der Waals surface area contributed by atoms with Gasteiger partial charge in [-0.05, 0) is 43.4 Å². The summed E-state index contributed by atoms with van der Waals surface area (Å²) in [5.41, 5.74) is 0.545. The molecule has 2 rings (SSSR count). The number of hydrogen-bond acceptors (Lipinski definition) is 5. The van der Waals surface area contributed by atoms with Crippen molar-refractivity contribution in [1.82, 2.24) is 4.90 Å². The Kier molecular flexibility index (Phi) is 8.57. The predicted octanol–water partition coefficient (Wildman–Crippen LogP) is 3.26. The minimum absolute atomic E-state index is 0.0387. The molecule has 1 atom stereocenters. The number of anilines is 1. The maximum absolute atomic E-state index is 12.3. The topological polar surface area (TPSA) is 84.9 Å². The van der Waals surface area contributed by atoms with E-state index in [-0.39, 0.29) is 36.5 Å². The van der Waals surface area contributed by atoms with Gasteiger partial charge in [0.05, 0.1) is 26.3 Å². The lowest BCUT2D eigenvalue weighted by Crippen LogP contribution is -2.40. The fraction of sp³-hybridized carbons (Fsp3) is 0.550. The summed E-state index contributed by atoms with van der Waals surface area (Å²) in [5.74, 6) is 0.286. The van der Waals surface area contributed by atoms with E-state index in [1.54, 1.807) is 23.1 Å². The molecule has 0 aromatic heterocycles. The minimum Gasteiger partial charge on any atom is -0.495 e. The number of hydrogen-bond donors (Lipinski definition) is 1. The molecule has 154 valence electrons. The monoisotopic (exact) mass is 410 g/mol. The molecular weight excluding hydrogens is 384 g/mol. The van der Waals surface area contributed by atoms with E-state index in [0.29, 0.717) is 42.4 Å². The van der Waals surface area contributed by atoms with E-state index in [0.717, 1.165) is 12.8 Å². The van der Waals surface area contributed by atoms with Crippen molar-refractivity contribution < 1.29 is 23.9 Å². The quantitative estimate of drug-likeness (QED) is 0.665. The lowest BCUT2D eigenvalue weighted by Gasteiger charge is -2.32. The Hall–Kier alpha value is -2.28. The molecule has 1 saturated heterocycles. The lowest BCUT2D eigenvalue weighted by atomic mass is 9.93. The fourth-order valence-corrected chi connectivity index (χ4v) is 3.49. The number of rotatable bonds is 8. The number of benzene rings is 1.